The average molecular weight is 514 g/mol. The summed E-state index contributed by atoms with van der Waals surface area (Å²) >= 11 is 1.53. The van der Waals surface area contributed by atoms with Gasteiger partial charge in [-0.05, 0) is 53.9 Å². The van der Waals surface area contributed by atoms with Gasteiger partial charge < -0.3 is 14.5 Å². The van der Waals surface area contributed by atoms with Crippen LogP contribution in [0.5, 0.6) is 5.75 Å². The summed E-state index contributed by atoms with van der Waals surface area (Å²) in [5.74, 6) is 0.501. The van der Waals surface area contributed by atoms with Gasteiger partial charge in [-0.3, -0.25) is 19.6 Å². The Hall–Kier alpha value is -4.11. The van der Waals surface area contributed by atoms with Crippen molar-refractivity contribution in [2.24, 2.45) is 0 Å². The van der Waals surface area contributed by atoms with E-state index in [0.29, 0.717) is 31.8 Å². The summed E-state index contributed by atoms with van der Waals surface area (Å²) in [7, 11) is 0. The molecule has 1 unspecified atom stereocenters. The van der Waals surface area contributed by atoms with E-state index < -0.39 is 0 Å². The molecular weight excluding hydrogens is 486 g/mol. The second kappa shape index (κ2) is 11.3. The van der Waals surface area contributed by atoms with E-state index in [-0.39, 0.29) is 24.5 Å². The molecule has 188 valence electrons. The molecule has 2 amide bonds. The number of rotatable bonds is 6. The van der Waals surface area contributed by atoms with Crippen LogP contribution < -0.4 is 4.74 Å². The third kappa shape index (κ3) is 5.83. The highest BCUT2D eigenvalue weighted by molar-refractivity contribution is 7.10. The van der Waals surface area contributed by atoms with E-state index in [0.717, 1.165) is 27.4 Å². The second-order valence-corrected chi connectivity index (χ2v) is 9.64. The van der Waals surface area contributed by atoms with Gasteiger partial charge >= 0.3 is 0 Å². The summed E-state index contributed by atoms with van der Waals surface area (Å²) in [4.78, 5) is 42.1. The highest BCUT2D eigenvalue weighted by Gasteiger charge is 2.32. The van der Waals surface area contributed by atoms with Gasteiger partial charge in [-0.1, -0.05) is 12.1 Å². The van der Waals surface area contributed by atoms with Crippen LogP contribution in [-0.2, 0) is 9.59 Å². The fraction of sp³-hybridized carbons (Fsp3) is 0.250. The molecule has 5 rings (SSSR count). The normalized spacial score (nSPS) is 15.8. The van der Waals surface area contributed by atoms with Crippen molar-refractivity contribution in [1.29, 1.82) is 0 Å². The number of benzene rings is 1. The number of pyridine rings is 2. The Morgan fingerprint density at radius 1 is 0.892 bits per heavy atom. The highest BCUT2D eigenvalue weighted by Crippen LogP contribution is 2.32. The van der Waals surface area contributed by atoms with Crippen LogP contribution in [0.4, 0.5) is 0 Å². The quantitative estimate of drug-likeness (QED) is 0.378. The largest absolute Gasteiger partial charge is 0.484 e. The molecule has 37 heavy (non-hydrogen) atoms. The van der Waals surface area contributed by atoms with Crippen LogP contribution in [0.3, 0.4) is 0 Å². The zero-order chi connectivity index (χ0) is 25.6. The Kier molecular flexibility index (Phi) is 7.51. The van der Waals surface area contributed by atoms with Crippen molar-refractivity contribution < 1.29 is 14.3 Å². The van der Waals surface area contributed by atoms with E-state index in [9.17, 15) is 9.59 Å². The molecule has 3 aromatic heterocycles. The molecule has 0 aliphatic carbocycles. The Bertz CT molecular complexity index is 1350. The zero-order valence-electron chi connectivity index (χ0n) is 20.5. The molecule has 1 saturated heterocycles. The summed E-state index contributed by atoms with van der Waals surface area (Å²) in [6, 6.07) is 15.2. The molecule has 1 aliphatic rings. The van der Waals surface area contributed by atoms with Gasteiger partial charge in [0.25, 0.3) is 5.91 Å². The summed E-state index contributed by atoms with van der Waals surface area (Å²) in [5.41, 5.74) is 3.95. The molecule has 0 bridgehead atoms. The Labute approximate surface area is 219 Å². The molecule has 4 aromatic rings. The molecule has 0 N–H and O–H groups in total. The van der Waals surface area contributed by atoms with E-state index in [4.69, 9.17) is 9.72 Å². The molecule has 1 atom stereocenters. The SMILES string of the molecule is CC(=O)N1CCC(c2nc(-c3ccncc3)cs2)N(C(=O)COc2ccc(-c3ccncc3)cc2)CC1. The first-order chi connectivity index (χ1) is 18.1. The monoisotopic (exact) mass is 513 g/mol. The number of thiazole rings is 1. The minimum absolute atomic E-state index is 0.00944. The maximum absolute atomic E-state index is 13.4. The van der Waals surface area contributed by atoms with Crippen molar-refractivity contribution >= 4 is 23.2 Å². The summed E-state index contributed by atoms with van der Waals surface area (Å²) < 4.78 is 5.88. The van der Waals surface area contributed by atoms with Crippen molar-refractivity contribution in [3.63, 3.8) is 0 Å². The van der Waals surface area contributed by atoms with E-state index in [1.807, 2.05) is 58.8 Å². The molecule has 0 radical (unpaired) electrons. The lowest BCUT2D eigenvalue weighted by Crippen LogP contribution is -2.40. The minimum Gasteiger partial charge on any atom is -0.484 e. The van der Waals surface area contributed by atoms with Crippen LogP contribution in [0, 0.1) is 0 Å². The van der Waals surface area contributed by atoms with Crippen LogP contribution >= 0.6 is 11.3 Å². The zero-order valence-corrected chi connectivity index (χ0v) is 21.3. The lowest BCUT2D eigenvalue weighted by molar-refractivity contribution is -0.136. The Balaban J connectivity index is 1.31. The maximum atomic E-state index is 13.4. The lowest BCUT2D eigenvalue weighted by atomic mass is 10.1. The number of nitrogens with zero attached hydrogens (tertiary/aromatic N) is 5. The van der Waals surface area contributed by atoms with Crippen molar-refractivity contribution in [3.8, 4) is 28.1 Å². The van der Waals surface area contributed by atoms with Crippen LogP contribution in [0.15, 0.2) is 78.7 Å². The van der Waals surface area contributed by atoms with Gasteiger partial charge in [0.05, 0.1) is 11.7 Å². The van der Waals surface area contributed by atoms with Crippen LogP contribution in [0.25, 0.3) is 22.4 Å². The van der Waals surface area contributed by atoms with Gasteiger partial charge in [-0.25, -0.2) is 4.98 Å². The van der Waals surface area contributed by atoms with Gasteiger partial charge in [-0.2, -0.15) is 0 Å². The van der Waals surface area contributed by atoms with E-state index in [1.54, 1.807) is 36.6 Å². The first kappa shape index (κ1) is 24.6. The molecule has 1 fully saturated rings. The number of amides is 2. The highest BCUT2D eigenvalue weighted by atomic mass is 32.1. The minimum atomic E-state index is -0.227. The van der Waals surface area contributed by atoms with Crippen molar-refractivity contribution in [2.45, 2.75) is 19.4 Å². The third-order valence-electron chi connectivity index (χ3n) is 6.44. The molecule has 1 aromatic carbocycles. The fourth-order valence-corrected chi connectivity index (χ4v) is 5.39. The van der Waals surface area contributed by atoms with E-state index in [1.165, 1.54) is 11.3 Å². The third-order valence-corrected chi connectivity index (χ3v) is 7.38. The average Bonchev–Trinajstić information content (AvgIpc) is 3.32. The van der Waals surface area contributed by atoms with Gasteiger partial charge in [0, 0.05) is 62.3 Å². The molecule has 0 spiro atoms. The van der Waals surface area contributed by atoms with Crippen LogP contribution in [0.1, 0.15) is 24.4 Å². The first-order valence-electron chi connectivity index (χ1n) is 12.1. The first-order valence-corrected chi connectivity index (χ1v) is 13.0. The number of ether oxygens (including phenoxy) is 1. The molecule has 4 heterocycles. The topological polar surface area (TPSA) is 88.5 Å². The van der Waals surface area contributed by atoms with Crippen molar-refractivity contribution in [1.82, 2.24) is 24.8 Å². The number of aromatic nitrogens is 3. The lowest BCUT2D eigenvalue weighted by Gasteiger charge is -2.28. The Morgan fingerprint density at radius 3 is 2.22 bits per heavy atom. The summed E-state index contributed by atoms with van der Waals surface area (Å²) in [5, 5.41) is 2.86. The van der Waals surface area contributed by atoms with Gasteiger partial charge in [0.15, 0.2) is 6.61 Å². The number of hydrogen-bond acceptors (Lipinski definition) is 7. The molecule has 9 heteroatoms. The van der Waals surface area contributed by atoms with Gasteiger partial charge in [-0.15, -0.1) is 11.3 Å². The smallest absolute Gasteiger partial charge is 0.261 e. The number of carbonyl (C=O) groups is 2. The standard InChI is InChI=1S/C28H27N5O3S/c1-20(34)32-15-10-26(28-31-25(19-37-28)23-8-13-30-14-9-23)33(17-16-32)27(35)18-36-24-4-2-21(3-5-24)22-6-11-29-12-7-22/h2-9,11-14,19,26H,10,15-18H2,1H3. The molecule has 8 nitrogen and oxygen atoms in total. The second-order valence-electron chi connectivity index (χ2n) is 8.75. The van der Waals surface area contributed by atoms with Gasteiger partial charge in [0.2, 0.25) is 5.91 Å². The molecular formula is C28H27N5O3S. The predicted molar refractivity (Wildman–Crippen MR) is 142 cm³/mol. The predicted octanol–water partition coefficient (Wildman–Crippen LogP) is 4.47. The van der Waals surface area contributed by atoms with Crippen molar-refractivity contribution in [3.05, 3.63) is 83.7 Å². The van der Waals surface area contributed by atoms with Crippen molar-refractivity contribution in [2.75, 3.05) is 26.2 Å². The fourth-order valence-electron chi connectivity index (χ4n) is 4.41. The molecule has 1 aliphatic heterocycles. The van der Waals surface area contributed by atoms with Crippen LogP contribution in [-0.4, -0.2) is 62.8 Å². The Morgan fingerprint density at radius 2 is 1.54 bits per heavy atom. The van der Waals surface area contributed by atoms with E-state index >= 15 is 0 Å². The number of hydrogen-bond donors (Lipinski definition) is 0. The maximum Gasteiger partial charge on any atom is 0.261 e. The number of carbonyl (C=O) groups excluding carboxylic acids is 2. The van der Waals surface area contributed by atoms with Crippen LogP contribution in [0.2, 0.25) is 0 Å². The molecule has 0 saturated carbocycles. The summed E-state index contributed by atoms with van der Waals surface area (Å²) in [6.45, 7) is 2.97. The van der Waals surface area contributed by atoms with E-state index in [2.05, 4.69) is 9.97 Å². The van der Waals surface area contributed by atoms with Gasteiger partial charge in [0.1, 0.15) is 10.8 Å². The summed E-state index contributed by atoms with van der Waals surface area (Å²) in [6.07, 6.45) is 7.61.